The van der Waals surface area contributed by atoms with Crippen LogP contribution in [0.3, 0.4) is 0 Å². The van der Waals surface area contributed by atoms with Crippen molar-refractivity contribution in [1.82, 2.24) is 9.97 Å². The molecule has 5 aromatic carbocycles. The maximum Gasteiger partial charge on any atom is 0.0559 e. The third kappa shape index (κ3) is 2.32. The number of hydrogen-bond donors (Lipinski definition) is 2. The van der Waals surface area contributed by atoms with Crippen LogP contribution in [0.25, 0.3) is 74.9 Å². The van der Waals surface area contributed by atoms with Crippen LogP contribution in [0.1, 0.15) is 0 Å². The van der Waals surface area contributed by atoms with Gasteiger partial charge < -0.3 is 9.97 Å². The van der Waals surface area contributed by atoms with Crippen LogP contribution in [0.2, 0.25) is 0 Å². The second kappa shape index (κ2) is 6.25. The van der Waals surface area contributed by atoms with Crippen LogP contribution in [0, 0.1) is 0 Å². The molecule has 8 aromatic rings. The van der Waals surface area contributed by atoms with Crippen molar-refractivity contribution in [3.63, 3.8) is 0 Å². The number of thiophene rings is 1. The van der Waals surface area contributed by atoms with Crippen LogP contribution in [-0.2, 0) is 0 Å². The van der Waals surface area contributed by atoms with Crippen LogP contribution in [0.15, 0.2) is 97.1 Å². The van der Waals surface area contributed by atoms with Gasteiger partial charge in [-0.25, -0.2) is 0 Å². The van der Waals surface area contributed by atoms with Gasteiger partial charge in [-0.15, -0.1) is 11.3 Å². The maximum atomic E-state index is 3.76. The van der Waals surface area contributed by atoms with Gasteiger partial charge in [0.2, 0.25) is 0 Å². The lowest BCUT2D eigenvalue weighted by Crippen LogP contribution is -1.82. The molecule has 0 amide bonds. The molecule has 0 atom stereocenters. The zero-order chi connectivity index (χ0) is 21.5. The minimum Gasteiger partial charge on any atom is -0.355 e. The predicted octanol–water partition coefficient (Wildman–Crippen LogP) is 8.99. The second-order valence-electron chi connectivity index (χ2n) is 8.75. The summed E-state index contributed by atoms with van der Waals surface area (Å²) in [5, 5.41) is 7.82. The fraction of sp³-hybridized carbons (Fsp3) is 0. The van der Waals surface area contributed by atoms with Crippen LogP contribution in [0.4, 0.5) is 0 Å². The normalized spacial score (nSPS) is 12.2. The Morgan fingerprint density at radius 2 is 1.21 bits per heavy atom. The van der Waals surface area contributed by atoms with Crippen LogP contribution in [-0.4, -0.2) is 9.97 Å². The zero-order valence-electron chi connectivity index (χ0n) is 17.6. The number of fused-ring (bicyclic) bond motifs is 10. The summed E-state index contributed by atoms with van der Waals surface area (Å²) in [7, 11) is 0. The Balaban J connectivity index is 1.56. The van der Waals surface area contributed by atoms with Gasteiger partial charge in [0.25, 0.3) is 0 Å². The van der Waals surface area contributed by atoms with Gasteiger partial charge in [0.05, 0.1) is 5.52 Å². The summed E-state index contributed by atoms with van der Waals surface area (Å²) in [6.07, 6.45) is 0. The third-order valence-corrected chi connectivity index (χ3v) is 8.15. The molecular weight excluding hydrogens is 420 g/mol. The van der Waals surface area contributed by atoms with Crippen molar-refractivity contribution in [2.45, 2.75) is 0 Å². The van der Waals surface area contributed by atoms with Crippen molar-refractivity contribution in [2.75, 3.05) is 0 Å². The van der Waals surface area contributed by atoms with E-state index in [1.807, 2.05) is 11.3 Å². The van der Waals surface area contributed by atoms with E-state index in [2.05, 4.69) is 107 Å². The Morgan fingerprint density at radius 1 is 0.515 bits per heavy atom. The summed E-state index contributed by atoms with van der Waals surface area (Å²) in [5.41, 5.74) is 7.25. The van der Waals surface area contributed by atoms with Crippen molar-refractivity contribution in [3.8, 4) is 11.1 Å². The van der Waals surface area contributed by atoms with Crippen molar-refractivity contribution in [1.29, 1.82) is 0 Å². The third-order valence-electron chi connectivity index (χ3n) is 6.94. The average Bonchev–Trinajstić information content (AvgIpc) is 3.54. The molecule has 0 radical (unpaired) electrons. The molecule has 0 aliphatic carbocycles. The van der Waals surface area contributed by atoms with Crippen molar-refractivity contribution in [3.05, 3.63) is 97.1 Å². The molecule has 0 aliphatic rings. The van der Waals surface area contributed by atoms with E-state index in [9.17, 15) is 0 Å². The number of aromatic nitrogens is 2. The number of nitrogens with one attached hydrogen (secondary N) is 2. The van der Waals surface area contributed by atoms with Crippen molar-refractivity contribution >= 4 is 75.1 Å². The van der Waals surface area contributed by atoms with Gasteiger partial charge in [-0.2, -0.15) is 0 Å². The highest BCUT2D eigenvalue weighted by molar-refractivity contribution is 7.26. The largest absolute Gasteiger partial charge is 0.355 e. The molecule has 2 N–H and O–H groups in total. The number of para-hydroxylation sites is 2. The Labute approximate surface area is 193 Å². The molecule has 8 rings (SSSR count). The van der Waals surface area contributed by atoms with Crippen LogP contribution >= 0.6 is 11.3 Å². The Kier molecular flexibility index (Phi) is 3.31. The lowest BCUT2D eigenvalue weighted by molar-refractivity contribution is 1.53. The topological polar surface area (TPSA) is 31.6 Å². The molecular formula is C30H18N2S. The monoisotopic (exact) mass is 438 g/mol. The quantitative estimate of drug-likeness (QED) is 0.256. The van der Waals surface area contributed by atoms with Gasteiger partial charge in [0, 0.05) is 63.8 Å². The van der Waals surface area contributed by atoms with E-state index in [0.29, 0.717) is 0 Å². The molecule has 33 heavy (non-hydrogen) atoms. The van der Waals surface area contributed by atoms with Gasteiger partial charge >= 0.3 is 0 Å². The molecule has 3 aromatic heterocycles. The standard InChI is InChI=1S/C30H18N2S/c1-4-10-24-18(7-1)22-15-17(13-14-26(22)31-24)21-16-23-19-8-3-6-12-27(19)33-30(23)28-20-9-2-5-11-25(20)32-29(21)28/h1-16,31-32H. The molecule has 0 spiro atoms. The maximum absolute atomic E-state index is 3.76. The zero-order valence-corrected chi connectivity index (χ0v) is 18.5. The van der Waals surface area contributed by atoms with Crippen LogP contribution < -0.4 is 0 Å². The Bertz CT molecular complexity index is 2030. The van der Waals surface area contributed by atoms with E-state index in [1.165, 1.54) is 74.9 Å². The molecule has 0 unspecified atom stereocenters. The molecule has 0 saturated carbocycles. The van der Waals surface area contributed by atoms with E-state index in [1.54, 1.807) is 0 Å². The molecule has 0 saturated heterocycles. The molecule has 154 valence electrons. The smallest absolute Gasteiger partial charge is 0.0559 e. The first-order valence-corrected chi connectivity index (χ1v) is 12.0. The summed E-state index contributed by atoms with van der Waals surface area (Å²) < 4.78 is 2.70. The lowest BCUT2D eigenvalue weighted by atomic mass is 9.97. The van der Waals surface area contributed by atoms with Gasteiger partial charge in [0.1, 0.15) is 0 Å². The first kappa shape index (κ1) is 17.5. The fourth-order valence-corrected chi connectivity index (χ4v) is 6.68. The van der Waals surface area contributed by atoms with E-state index >= 15 is 0 Å². The molecule has 0 aliphatic heterocycles. The molecule has 3 heterocycles. The highest BCUT2D eigenvalue weighted by Crippen LogP contribution is 2.45. The molecule has 0 bridgehead atoms. The van der Waals surface area contributed by atoms with E-state index in [4.69, 9.17) is 0 Å². The number of H-pyrrole nitrogens is 2. The SMILES string of the molecule is c1ccc2c(c1)[nH]c1ccc(-c3cc4c5ccccc5sc4c4c3[nH]c3ccccc34)cc12. The van der Waals surface area contributed by atoms with Gasteiger partial charge in [0.15, 0.2) is 0 Å². The predicted molar refractivity (Wildman–Crippen MR) is 143 cm³/mol. The summed E-state index contributed by atoms with van der Waals surface area (Å²) in [4.78, 5) is 7.32. The van der Waals surface area contributed by atoms with Gasteiger partial charge in [-0.1, -0.05) is 60.7 Å². The van der Waals surface area contributed by atoms with E-state index < -0.39 is 0 Å². The minimum atomic E-state index is 1.18. The first-order valence-electron chi connectivity index (χ1n) is 11.2. The Morgan fingerprint density at radius 3 is 2.09 bits per heavy atom. The van der Waals surface area contributed by atoms with E-state index in [-0.39, 0.29) is 0 Å². The fourth-order valence-electron chi connectivity index (χ4n) is 5.43. The summed E-state index contributed by atoms with van der Waals surface area (Å²) in [6.45, 7) is 0. The highest BCUT2D eigenvalue weighted by Gasteiger charge is 2.18. The number of aromatic amines is 2. The van der Waals surface area contributed by atoms with Crippen molar-refractivity contribution in [2.24, 2.45) is 0 Å². The molecule has 3 heteroatoms. The van der Waals surface area contributed by atoms with Crippen molar-refractivity contribution < 1.29 is 0 Å². The van der Waals surface area contributed by atoms with Gasteiger partial charge in [-0.3, -0.25) is 0 Å². The minimum absolute atomic E-state index is 1.18. The summed E-state index contributed by atoms with van der Waals surface area (Å²) in [6, 6.07) is 35.2. The summed E-state index contributed by atoms with van der Waals surface area (Å²) in [5.74, 6) is 0. The average molecular weight is 439 g/mol. The second-order valence-corrected chi connectivity index (χ2v) is 9.80. The van der Waals surface area contributed by atoms with Gasteiger partial charge in [-0.05, 0) is 42.0 Å². The molecule has 0 fully saturated rings. The van der Waals surface area contributed by atoms with E-state index in [0.717, 1.165) is 0 Å². The first-order chi connectivity index (χ1) is 16.3. The number of hydrogen-bond acceptors (Lipinski definition) is 1. The van der Waals surface area contributed by atoms with Crippen LogP contribution in [0.5, 0.6) is 0 Å². The number of rotatable bonds is 1. The number of benzene rings is 5. The Hall–Kier alpha value is -4.08. The lowest BCUT2D eigenvalue weighted by Gasteiger charge is -2.07. The highest BCUT2D eigenvalue weighted by atomic mass is 32.1. The molecule has 2 nitrogen and oxygen atoms in total. The summed E-state index contributed by atoms with van der Waals surface area (Å²) >= 11 is 1.90.